The lowest BCUT2D eigenvalue weighted by Crippen LogP contribution is -2.21. The molecule has 6 nitrogen and oxygen atoms in total. The maximum Gasteiger partial charge on any atom is 0.266 e. The minimum Gasteiger partial charge on any atom is -0.481 e. The fraction of sp³-hybridized carbons (Fsp3) is 0.115. The van der Waals surface area contributed by atoms with Gasteiger partial charge in [0.1, 0.15) is 11.6 Å². The van der Waals surface area contributed by atoms with Gasteiger partial charge in [-0.1, -0.05) is 53.5 Å². The van der Waals surface area contributed by atoms with E-state index in [0.717, 1.165) is 11.1 Å². The Bertz CT molecular complexity index is 1280. The van der Waals surface area contributed by atoms with Crippen LogP contribution in [0.25, 0.3) is 6.08 Å². The van der Waals surface area contributed by atoms with E-state index in [9.17, 15) is 14.9 Å². The first-order valence-corrected chi connectivity index (χ1v) is 11.0. The molecule has 0 unspecified atom stereocenters. The quantitative estimate of drug-likeness (QED) is 0.304. The van der Waals surface area contributed by atoms with Crippen molar-refractivity contribution >= 4 is 52.5 Å². The highest BCUT2D eigenvalue weighted by Gasteiger charge is 2.14. The average Bonchev–Trinajstić information content (AvgIpc) is 2.80. The maximum atomic E-state index is 12.4. The summed E-state index contributed by atoms with van der Waals surface area (Å²) in [6.07, 6.45) is 1.37. The first-order valence-electron chi connectivity index (χ1n) is 10.2. The molecule has 0 atom stereocenters. The predicted octanol–water partition coefficient (Wildman–Crippen LogP) is 6.17. The number of anilines is 2. The van der Waals surface area contributed by atoms with Gasteiger partial charge < -0.3 is 15.4 Å². The molecule has 2 N–H and O–H groups in total. The zero-order valence-corrected chi connectivity index (χ0v) is 20.0. The van der Waals surface area contributed by atoms with E-state index in [0.29, 0.717) is 16.9 Å². The lowest BCUT2D eigenvalue weighted by atomic mass is 10.1. The van der Waals surface area contributed by atoms with E-state index in [1.54, 1.807) is 24.3 Å². The first kappa shape index (κ1) is 24.8. The molecule has 3 aromatic carbocycles. The number of carbonyl (C=O) groups is 2. The molecule has 3 aromatic rings. The monoisotopic (exact) mass is 493 g/mol. The van der Waals surface area contributed by atoms with Crippen LogP contribution in [0.15, 0.2) is 66.2 Å². The van der Waals surface area contributed by atoms with E-state index in [2.05, 4.69) is 10.6 Å². The molecule has 172 valence electrons. The third-order valence-corrected chi connectivity index (χ3v) is 5.30. The Balaban J connectivity index is 1.70. The van der Waals surface area contributed by atoms with Gasteiger partial charge in [0.15, 0.2) is 12.4 Å². The molecular formula is C26H21Cl2N3O3. The highest BCUT2D eigenvalue weighted by atomic mass is 35.5. The summed E-state index contributed by atoms with van der Waals surface area (Å²) in [6.45, 7) is 3.53. The van der Waals surface area contributed by atoms with Crippen LogP contribution >= 0.6 is 23.2 Å². The summed E-state index contributed by atoms with van der Waals surface area (Å²) >= 11 is 12.6. The van der Waals surface area contributed by atoms with Crippen LogP contribution in [0.3, 0.4) is 0 Å². The second-order valence-electron chi connectivity index (χ2n) is 7.46. The second kappa shape index (κ2) is 11.4. The van der Waals surface area contributed by atoms with Crippen molar-refractivity contribution in [3.05, 3.63) is 93.0 Å². The number of para-hydroxylation sites is 1. The molecule has 0 radical (unpaired) electrons. The van der Waals surface area contributed by atoms with Gasteiger partial charge in [0.05, 0.1) is 10.0 Å². The highest BCUT2D eigenvalue weighted by molar-refractivity contribution is 6.37. The number of nitrogens with zero attached hydrogens (tertiary/aromatic N) is 1. The summed E-state index contributed by atoms with van der Waals surface area (Å²) in [5.74, 6) is -0.803. The molecule has 0 saturated carbocycles. The number of hydrogen-bond donors (Lipinski definition) is 2. The minimum atomic E-state index is -0.565. The normalized spacial score (nSPS) is 10.9. The summed E-state index contributed by atoms with van der Waals surface area (Å²) in [5.41, 5.74) is 3.51. The fourth-order valence-corrected chi connectivity index (χ4v) is 3.64. The van der Waals surface area contributed by atoms with Crippen molar-refractivity contribution in [2.75, 3.05) is 17.2 Å². The predicted molar refractivity (Wildman–Crippen MR) is 135 cm³/mol. The summed E-state index contributed by atoms with van der Waals surface area (Å²) in [6, 6.07) is 19.4. The number of aryl methyl sites for hydroxylation is 2. The molecule has 34 heavy (non-hydrogen) atoms. The van der Waals surface area contributed by atoms with Crippen molar-refractivity contribution in [3.8, 4) is 11.8 Å². The van der Waals surface area contributed by atoms with Crippen LogP contribution in [0.4, 0.5) is 11.4 Å². The molecule has 0 heterocycles. The molecular weight excluding hydrogens is 473 g/mol. The summed E-state index contributed by atoms with van der Waals surface area (Å²) in [4.78, 5) is 24.8. The van der Waals surface area contributed by atoms with Crippen LogP contribution in [0.2, 0.25) is 10.0 Å². The molecule has 0 aliphatic rings. The van der Waals surface area contributed by atoms with Gasteiger partial charge in [0, 0.05) is 11.4 Å². The van der Waals surface area contributed by atoms with Gasteiger partial charge in [-0.3, -0.25) is 9.59 Å². The Morgan fingerprint density at radius 1 is 1.00 bits per heavy atom. The van der Waals surface area contributed by atoms with Gasteiger partial charge in [-0.15, -0.1) is 0 Å². The van der Waals surface area contributed by atoms with Gasteiger partial charge in [-0.2, -0.15) is 5.26 Å². The molecule has 0 aliphatic heterocycles. The van der Waals surface area contributed by atoms with Crippen molar-refractivity contribution in [2.45, 2.75) is 13.8 Å². The van der Waals surface area contributed by atoms with Gasteiger partial charge in [0.2, 0.25) is 0 Å². The van der Waals surface area contributed by atoms with Gasteiger partial charge >= 0.3 is 0 Å². The van der Waals surface area contributed by atoms with Crippen LogP contribution in [0.1, 0.15) is 16.7 Å². The van der Waals surface area contributed by atoms with Crippen molar-refractivity contribution in [3.63, 3.8) is 0 Å². The smallest absolute Gasteiger partial charge is 0.266 e. The molecule has 0 saturated heterocycles. The molecule has 0 fully saturated rings. The van der Waals surface area contributed by atoms with Crippen LogP contribution in [-0.2, 0) is 9.59 Å². The largest absolute Gasteiger partial charge is 0.481 e. The number of ether oxygens (including phenoxy) is 1. The van der Waals surface area contributed by atoms with Crippen molar-refractivity contribution in [2.24, 2.45) is 0 Å². The standard InChI is InChI=1S/C26H21Cl2N3O3/c1-16-8-9-17(2)23(10-16)31-24(32)15-34-25-21(27)12-18(13-22(25)28)11-19(14-29)26(33)30-20-6-4-3-5-7-20/h3-13H,15H2,1-2H3,(H,30,33)(H,31,32)/b19-11+. The summed E-state index contributed by atoms with van der Waals surface area (Å²) in [7, 11) is 0. The summed E-state index contributed by atoms with van der Waals surface area (Å²) in [5, 5.41) is 15.1. The number of rotatable bonds is 7. The Hall–Kier alpha value is -3.79. The van der Waals surface area contributed by atoms with Crippen molar-refractivity contribution < 1.29 is 14.3 Å². The van der Waals surface area contributed by atoms with Gasteiger partial charge in [0.25, 0.3) is 11.8 Å². The number of benzene rings is 3. The second-order valence-corrected chi connectivity index (χ2v) is 8.27. The number of amides is 2. The van der Waals surface area contributed by atoms with Crippen molar-refractivity contribution in [1.29, 1.82) is 5.26 Å². The zero-order chi connectivity index (χ0) is 24.7. The summed E-state index contributed by atoms with van der Waals surface area (Å²) < 4.78 is 5.54. The minimum absolute atomic E-state index is 0.127. The lowest BCUT2D eigenvalue weighted by Gasteiger charge is -2.13. The van der Waals surface area contributed by atoms with Crippen LogP contribution < -0.4 is 15.4 Å². The molecule has 8 heteroatoms. The number of halogens is 2. The van der Waals surface area contributed by atoms with E-state index in [1.807, 2.05) is 44.2 Å². The third kappa shape index (κ3) is 6.61. The molecule has 2 amide bonds. The van der Waals surface area contributed by atoms with Crippen molar-refractivity contribution in [1.82, 2.24) is 0 Å². The van der Waals surface area contributed by atoms with Crippen LogP contribution in [-0.4, -0.2) is 18.4 Å². The zero-order valence-electron chi connectivity index (χ0n) is 18.5. The third-order valence-electron chi connectivity index (χ3n) is 4.74. The van der Waals surface area contributed by atoms with Gasteiger partial charge in [-0.05, 0) is 66.9 Å². The molecule has 0 aliphatic carbocycles. The van der Waals surface area contributed by atoms with E-state index < -0.39 is 5.91 Å². The average molecular weight is 494 g/mol. The van der Waals surface area contributed by atoms with Gasteiger partial charge in [-0.25, -0.2) is 0 Å². The van der Waals surface area contributed by atoms with E-state index in [4.69, 9.17) is 27.9 Å². The highest BCUT2D eigenvalue weighted by Crippen LogP contribution is 2.35. The van der Waals surface area contributed by atoms with E-state index >= 15 is 0 Å². The fourth-order valence-electron chi connectivity index (χ4n) is 3.03. The Morgan fingerprint density at radius 3 is 2.32 bits per heavy atom. The number of hydrogen-bond acceptors (Lipinski definition) is 4. The Kier molecular flexibility index (Phi) is 8.31. The number of carbonyl (C=O) groups excluding carboxylic acids is 2. The molecule has 0 bridgehead atoms. The lowest BCUT2D eigenvalue weighted by molar-refractivity contribution is -0.118. The molecule has 0 aromatic heterocycles. The van der Waals surface area contributed by atoms with Crippen LogP contribution in [0.5, 0.6) is 5.75 Å². The topological polar surface area (TPSA) is 91.2 Å². The number of nitriles is 1. The Morgan fingerprint density at radius 2 is 1.68 bits per heavy atom. The van der Waals surface area contributed by atoms with E-state index in [-0.39, 0.29) is 33.9 Å². The maximum absolute atomic E-state index is 12.4. The van der Waals surface area contributed by atoms with Crippen LogP contribution in [0, 0.1) is 25.2 Å². The first-order chi connectivity index (χ1) is 16.3. The SMILES string of the molecule is Cc1ccc(C)c(NC(=O)COc2c(Cl)cc(/C=C(\C#N)C(=O)Nc3ccccc3)cc2Cl)c1. The number of nitrogens with one attached hydrogen (secondary N) is 2. The molecule has 0 spiro atoms. The van der Waals surface area contributed by atoms with E-state index in [1.165, 1.54) is 18.2 Å². The molecule has 3 rings (SSSR count). The Labute approximate surface area is 207 Å².